The van der Waals surface area contributed by atoms with Crippen LogP contribution in [0.5, 0.6) is 0 Å². The molecule has 2 N–H and O–H groups in total. The van der Waals surface area contributed by atoms with Gasteiger partial charge < -0.3 is 15.4 Å². The number of halogens is 6. The van der Waals surface area contributed by atoms with Crippen molar-refractivity contribution in [2.75, 3.05) is 0 Å². The third kappa shape index (κ3) is 6.17. The molecule has 0 spiro atoms. The fourth-order valence-corrected chi connectivity index (χ4v) is 3.65. The van der Waals surface area contributed by atoms with Gasteiger partial charge in [-0.2, -0.15) is 26.3 Å². The first-order valence-electron chi connectivity index (χ1n) is 9.86. The lowest BCUT2D eigenvalue weighted by Crippen LogP contribution is -2.41. The van der Waals surface area contributed by atoms with Gasteiger partial charge in [0.15, 0.2) is 0 Å². The molecule has 1 aliphatic heterocycles. The van der Waals surface area contributed by atoms with Crippen LogP contribution in [0.25, 0.3) is 0 Å². The Bertz CT molecular complexity index is 978. The Morgan fingerprint density at radius 1 is 1.03 bits per heavy atom. The van der Waals surface area contributed by atoms with Crippen molar-refractivity contribution in [3.05, 3.63) is 71.0 Å². The molecule has 0 fully saturated rings. The number of allylic oxidation sites excluding steroid dienone is 2. The van der Waals surface area contributed by atoms with E-state index in [-0.39, 0.29) is 24.4 Å². The molecule has 0 saturated heterocycles. The molecule has 3 rings (SSSR count). The van der Waals surface area contributed by atoms with Gasteiger partial charge in [-0.1, -0.05) is 24.3 Å². The molecule has 1 heterocycles. The summed E-state index contributed by atoms with van der Waals surface area (Å²) >= 11 is 0. The van der Waals surface area contributed by atoms with Gasteiger partial charge in [0.25, 0.3) is 0 Å². The molecule has 3 atom stereocenters. The standard InChI is InChI=1S/C22H20F6N2O3/c1-12(31)30-19(8-14-10-29-18-5-3-2-4-17(14)18)20(32)33-11-13-6-15(21(23,24)25)9-16(7-13)22(26,27)28/h2-7,9-10,17-19,29H,8,11H2,1H3,(H,30,31)/t17?,18?,19-/m0/s1. The Labute approximate surface area is 185 Å². The van der Waals surface area contributed by atoms with Gasteiger partial charge in [0.1, 0.15) is 12.6 Å². The van der Waals surface area contributed by atoms with Crippen LogP contribution in [-0.2, 0) is 33.3 Å². The van der Waals surface area contributed by atoms with Crippen LogP contribution in [0.2, 0.25) is 0 Å². The minimum Gasteiger partial charge on any atom is -0.459 e. The number of esters is 1. The topological polar surface area (TPSA) is 67.4 Å². The fourth-order valence-electron chi connectivity index (χ4n) is 3.65. The van der Waals surface area contributed by atoms with Gasteiger partial charge in [-0.05, 0) is 35.5 Å². The predicted molar refractivity (Wildman–Crippen MR) is 105 cm³/mol. The first-order valence-corrected chi connectivity index (χ1v) is 9.86. The summed E-state index contributed by atoms with van der Waals surface area (Å²) in [7, 11) is 0. The number of fused-ring (bicyclic) bond motifs is 1. The predicted octanol–water partition coefficient (Wildman–Crippen LogP) is 4.26. The van der Waals surface area contributed by atoms with Gasteiger partial charge in [-0.25, -0.2) is 4.79 Å². The number of carbonyl (C=O) groups excluding carboxylic acids is 2. The molecule has 0 radical (unpaired) electrons. The zero-order chi connectivity index (χ0) is 24.4. The summed E-state index contributed by atoms with van der Waals surface area (Å²) in [4.78, 5) is 24.2. The highest BCUT2D eigenvalue weighted by molar-refractivity contribution is 5.83. The van der Waals surface area contributed by atoms with Crippen LogP contribution < -0.4 is 10.6 Å². The molecule has 11 heteroatoms. The monoisotopic (exact) mass is 474 g/mol. The third-order valence-electron chi connectivity index (χ3n) is 5.15. The van der Waals surface area contributed by atoms with Crippen molar-refractivity contribution >= 4 is 11.9 Å². The smallest absolute Gasteiger partial charge is 0.416 e. The maximum absolute atomic E-state index is 13.0. The molecule has 33 heavy (non-hydrogen) atoms. The Hall–Kier alpha value is -3.24. The second kappa shape index (κ2) is 9.32. The average Bonchev–Trinajstić information content (AvgIpc) is 3.12. The molecular formula is C22H20F6N2O3. The Kier molecular flexibility index (Phi) is 6.89. The van der Waals surface area contributed by atoms with E-state index in [0.717, 1.165) is 5.57 Å². The molecule has 2 unspecified atom stereocenters. The first-order chi connectivity index (χ1) is 15.3. The van der Waals surface area contributed by atoms with E-state index in [1.165, 1.54) is 6.92 Å². The molecule has 0 bridgehead atoms. The minimum atomic E-state index is -5.01. The van der Waals surface area contributed by atoms with Gasteiger partial charge in [-0.3, -0.25) is 4.79 Å². The van der Waals surface area contributed by atoms with Gasteiger partial charge in [0.05, 0.1) is 17.2 Å². The maximum Gasteiger partial charge on any atom is 0.416 e. The van der Waals surface area contributed by atoms with Crippen LogP contribution in [0.1, 0.15) is 30.0 Å². The number of benzene rings is 1. The molecule has 5 nitrogen and oxygen atoms in total. The van der Waals surface area contributed by atoms with Gasteiger partial charge in [0.2, 0.25) is 5.91 Å². The summed E-state index contributed by atoms with van der Waals surface area (Å²) in [5, 5.41) is 5.55. The van der Waals surface area contributed by atoms with E-state index in [2.05, 4.69) is 10.6 Å². The van der Waals surface area contributed by atoms with E-state index in [0.29, 0.717) is 12.1 Å². The first kappa shape index (κ1) is 24.4. The van der Waals surface area contributed by atoms with Crippen LogP contribution in [0, 0.1) is 5.92 Å². The lowest BCUT2D eigenvalue weighted by Gasteiger charge is -2.22. The molecule has 2 aliphatic rings. The fraction of sp³-hybridized carbons (Fsp3) is 0.364. The highest BCUT2D eigenvalue weighted by Crippen LogP contribution is 2.36. The Balaban J connectivity index is 1.74. The highest BCUT2D eigenvalue weighted by Gasteiger charge is 2.37. The molecule has 1 aromatic rings. The van der Waals surface area contributed by atoms with E-state index in [9.17, 15) is 35.9 Å². The number of rotatable bonds is 6. The Morgan fingerprint density at radius 3 is 2.21 bits per heavy atom. The lowest BCUT2D eigenvalue weighted by atomic mass is 9.88. The van der Waals surface area contributed by atoms with Crippen LogP contribution in [0.3, 0.4) is 0 Å². The summed E-state index contributed by atoms with van der Waals surface area (Å²) in [6.45, 7) is 0.351. The number of hydrogen-bond donors (Lipinski definition) is 2. The lowest BCUT2D eigenvalue weighted by molar-refractivity contribution is -0.149. The van der Waals surface area contributed by atoms with Crippen LogP contribution in [0.15, 0.2) is 54.3 Å². The van der Waals surface area contributed by atoms with Crippen molar-refractivity contribution in [1.29, 1.82) is 0 Å². The van der Waals surface area contributed by atoms with Crippen LogP contribution in [-0.4, -0.2) is 24.0 Å². The number of hydrogen-bond acceptors (Lipinski definition) is 4. The zero-order valence-electron chi connectivity index (χ0n) is 17.3. The van der Waals surface area contributed by atoms with E-state index < -0.39 is 53.6 Å². The van der Waals surface area contributed by atoms with E-state index in [1.807, 2.05) is 24.3 Å². The molecular weight excluding hydrogens is 454 g/mol. The van der Waals surface area contributed by atoms with Crippen LogP contribution in [0.4, 0.5) is 26.3 Å². The number of carbonyl (C=O) groups is 2. The molecule has 0 aromatic heterocycles. The molecule has 1 aromatic carbocycles. The second-order valence-corrected chi connectivity index (χ2v) is 7.69. The summed E-state index contributed by atoms with van der Waals surface area (Å²) in [5.74, 6) is -1.58. The van der Waals surface area contributed by atoms with Crippen molar-refractivity contribution in [3.63, 3.8) is 0 Å². The number of alkyl halides is 6. The largest absolute Gasteiger partial charge is 0.459 e. The number of amides is 1. The molecule has 178 valence electrons. The van der Waals surface area contributed by atoms with Crippen molar-refractivity contribution < 1.29 is 40.7 Å². The van der Waals surface area contributed by atoms with E-state index in [1.54, 1.807) is 6.20 Å². The second-order valence-electron chi connectivity index (χ2n) is 7.69. The summed E-state index contributed by atoms with van der Waals surface area (Å²) in [5.41, 5.74) is -2.71. The molecule has 0 saturated carbocycles. The summed E-state index contributed by atoms with van der Waals surface area (Å²) < 4.78 is 83.2. The van der Waals surface area contributed by atoms with Crippen molar-refractivity contribution in [3.8, 4) is 0 Å². The molecule has 1 amide bonds. The van der Waals surface area contributed by atoms with Gasteiger partial charge in [-0.15, -0.1) is 0 Å². The van der Waals surface area contributed by atoms with Gasteiger partial charge in [0, 0.05) is 19.3 Å². The maximum atomic E-state index is 13.0. The van der Waals surface area contributed by atoms with E-state index in [4.69, 9.17) is 4.74 Å². The highest BCUT2D eigenvalue weighted by atomic mass is 19.4. The van der Waals surface area contributed by atoms with E-state index >= 15 is 0 Å². The third-order valence-corrected chi connectivity index (χ3v) is 5.15. The Morgan fingerprint density at radius 2 is 1.64 bits per heavy atom. The quantitative estimate of drug-likeness (QED) is 0.478. The zero-order valence-corrected chi connectivity index (χ0v) is 17.3. The SMILES string of the molecule is CC(=O)N[C@@H](CC1=CNC2C=CC=CC12)C(=O)OCc1cc(C(F)(F)F)cc(C(F)(F)F)c1. The van der Waals surface area contributed by atoms with Gasteiger partial charge >= 0.3 is 18.3 Å². The average molecular weight is 474 g/mol. The normalized spacial score (nSPS) is 20.5. The number of nitrogens with one attached hydrogen (secondary N) is 2. The summed E-state index contributed by atoms with van der Waals surface area (Å²) in [6.07, 6.45) is -0.743. The van der Waals surface area contributed by atoms with Crippen molar-refractivity contribution in [1.82, 2.24) is 10.6 Å². The van der Waals surface area contributed by atoms with Crippen molar-refractivity contribution in [2.24, 2.45) is 5.92 Å². The van der Waals surface area contributed by atoms with Crippen molar-refractivity contribution in [2.45, 2.75) is 44.4 Å². The summed E-state index contributed by atoms with van der Waals surface area (Å²) in [6, 6.07) is -0.203. The minimum absolute atomic E-state index is 0.00639. The number of ether oxygens (including phenoxy) is 1. The molecule has 1 aliphatic carbocycles. The van der Waals surface area contributed by atoms with Crippen LogP contribution >= 0.6 is 0 Å².